The van der Waals surface area contributed by atoms with Crippen LogP contribution in [0.15, 0.2) is 53.6 Å². The molecule has 1 amide bonds. The molecule has 2 aromatic carbocycles. The molecule has 0 saturated heterocycles. The third-order valence-electron chi connectivity index (χ3n) is 6.36. The molecular weight excluding hydrogens is 543 g/mol. The lowest BCUT2D eigenvalue weighted by atomic mass is 9.76. The highest BCUT2D eigenvalue weighted by Gasteiger charge is 2.45. The van der Waals surface area contributed by atoms with Crippen LogP contribution < -0.4 is 15.3 Å². The number of aliphatic hydroxyl groups excluding tert-OH is 1. The molecule has 0 bridgehead atoms. The van der Waals surface area contributed by atoms with Gasteiger partial charge in [-0.3, -0.25) is 14.0 Å². The molecule has 0 spiro atoms. The number of halogens is 7. The summed E-state index contributed by atoms with van der Waals surface area (Å²) in [6.45, 7) is -0.608. The average Bonchev–Trinajstić information content (AvgIpc) is 3.21. The third kappa shape index (κ3) is 5.49. The minimum atomic E-state index is -5.45. The van der Waals surface area contributed by atoms with Gasteiger partial charge in [0.15, 0.2) is 5.75 Å². The molecule has 8 nitrogen and oxygen atoms in total. The summed E-state index contributed by atoms with van der Waals surface area (Å²) in [5.74, 6) is -2.03. The number of aliphatic hydroxyl groups is 2. The molecule has 4 rings (SSSR count). The Hall–Kier alpha value is -3.85. The van der Waals surface area contributed by atoms with E-state index in [0.29, 0.717) is 9.47 Å². The summed E-state index contributed by atoms with van der Waals surface area (Å²) in [5.41, 5.74) is -7.29. The van der Waals surface area contributed by atoms with Gasteiger partial charge in [-0.25, -0.2) is 14.0 Å². The summed E-state index contributed by atoms with van der Waals surface area (Å²) in [7, 11) is 1.08. The van der Waals surface area contributed by atoms with Crippen LogP contribution in [0.5, 0.6) is 5.75 Å². The Morgan fingerprint density at radius 2 is 1.69 bits per heavy atom. The van der Waals surface area contributed by atoms with Crippen molar-refractivity contribution in [2.75, 3.05) is 18.6 Å². The molecule has 3 aromatic rings. The van der Waals surface area contributed by atoms with Gasteiger partial charge < -0.3 is 14.9 Å². The van der Waals surface area contributed by atoms with E-state index in [1.54, 1.807) is 0 Å². The first kappa shape index (κ1) is 28.2. The predicted molar refractivity (Wildman–Crippen MR) is 121 cm³/mol. The number of rotatable bonds is 5. The standard InChI is InChI=1S/C24H20F7N3O5/c1-32(15-4-2-14(25)3-5-15)21(37)39-19-17(24(29,30)31)8-13(23(26,27)28)9-18(19)34-7-6-33(20(34)36)16-10-22(38,11-16)12-35/h2-9,16,35,38H,10-12H2,1H3. The highest BCUT2D eigenvalue weighted by Crippen LogP contribution is 2.45. The van der Waals surface area contributed by atoms with Gasteiger partial charge in [0.1, 0.15) is 11.4 Å². The zero-order valence-electron chi connectivity index (χ0n) is 19.9. The summed E-state index contributed by atoms with van der Waals surface area (Å²) in [5, 5.41) is 19.2. The second-order valence-corrected chi connectivity index (χ2v) is 9.07. The molecule has 210 valence electrons. The first-order valence-electron chi connectivity index (χ1n) is 11.2. The molecule has 1 aromatic heterocycles. The van der Waals surface area contributed by atoms with Crippen LogP contribution in [0.25, 0.3) is 5.69 Å². The van der Waals surface area contributed by atoms with E-state index in [-0.39, 0.29) is 30.7 Å². The summed E-state index contributed by atoms with van der Waals surface area (Å²) in [6.07, 6.45) is -10.4. The summed E-state index contributed by atoms with van der Waals surface area (Å²) in [6, 6.07) is 3.47. The number of hydrogen-bond donors (Lipinski definition) is 2. The van der Waals surface area contributed by atoms with Gasteiger partial charge in [0.05, 0.1) is 23.5 Å². The molecule has 1 aliphatic carbocycles. The van der Waals surface area contributed by atoms with Crippen LogP contribution in [0.4, 0.5) is 41.2 Å². The third-order valence-corrected chi connectivity index (χ3v) is 6.36. The van der Waals surface area contributed by atoms with Gasteiger partial charge in [-0.05, 0) is 49.2 Å². The van der Waals surface area contributed by atoms with E-state index >= 15 is 0 Å². The molecule has 1 heterocycles. The van der Waals surface area contributed by atoms with Gasteiger partial charge in [0, 0.05) is 31.2 Å². The molecule has 0 aliphatic heterocycles. The number of alkyl halides is 6. The van der Waals surface area contributed by atoms with Crippen LogP contribution >= 0.6 is 0 Å². The minimum Gasteiger partial charge on any atom is -0.407 e. The van der Waals surface area contributed by atoms with Crippen LogP contribution in [0.2, 0.25) is 0 Å². The molecule has 0 atom stereocenters. The minimum absolute atomic E-state index is 0.00639. The molecular formula is C24H20F7N3O5. The number of nitrogens with zero attached hydrogens (tertiary/aromatic N) is 3. The van der Waals surface area contributed by atoms with Crippen LogP contribution in [0.3, 0.4) is 0 Å². The molecule has 2 N–H and O–H groups in total. The molecule has 1 saturated carbocycles. The maximum atomic E-state index is 14.0. The van der Waals surface area contributed by atoms with Crippen LogP contribution in [0, 0.1) is 5.82 Å². The van der Waals surface area contributed by atoms with Crippen LogP contribution in [-0.4, -0.2) is 44.7 Å². The summed E-state index contributed by atoms with van der Waals surface area (Å²) >= 11 is 0. The Bertz CT molecular complexity index is 1440. The molecule has 0 radical (unpaired) electrons. The van der Waals surface area contributed by atoms with Crippen molar-refractivity contribution in [1.82, 2.24) is 9.13 Å². The lowest BCUT2D eigenvalue weighted by molar-refractivity contribution is -0.143. The zero-order chi connectivity index (χ0) is 28.9. The van der Waals surface area contributed by atoms with Gasteiger partial charge in [-0.15, -0.1) is 0 Å². The monoisotopic (exact) mass is 563 g/mol. The molecule has 0 unspecified atom stereocenters. The molecule has 1 aliphatic rings. The van der Waals surface area contributed by atoms with Crippen molar-refractivity contribution in [3.63, 3.8) is 0 Å². The van der Waals surface area contributed by atoms with Gasteiger partial charge in [-0.1, -0.05) is 0 Å². The molecule has 15 heteroatoms. The van der Waals surface area contributed by atoms with Crippen molar-refractivity contribution in [2.24, 2.45) is 0 Å². The zero-order valence-corrected chi connectivity index (χ0v) is 19.9. The fourth-order valence-corrected chi connectivity index (χ4v) is 4.19. The van der Waals surface area contributed by atoms with Gasteiger partial charge in [0.25, 0.3) is 0 Å². The normalized spacial score (nSPS) is 19.5. The Labute approximate surface area is 215 Å². The van der Waals surface area contributed by atoms with Crippen molar-refractivity contribution in [3.8, 4) is 11.4 Å². The maximum Gasteiger partial charge on any atom is 0.420 e. The highest BCUT2D eigenvalue weighted by atomic mass is 19.4. The fraction of sp³-hybridized carbons (Fsp3) is 0.333. The van der Waals surface area contributed by atoms with Crippen molar-refractivity contribution >= 4 is 11.8 Å². The largest absolute Gasteiger partial charge is 0.420 e. The second kappa shape index (κ2) is 9.72. The Balaban J connectivity index is 1.84. The van der Waals surface area contributed by atoms with Crippen molar-refractivity contribution in [2.45, 2.75) is 36.8 Å². The lowest BCUT2D eigenvalue weighted by Crippen LogP contribution is -2.49. The number of aromatic nitrogens is 2. The molecule has 39 heavy (non-hydrogen) atoms. The van der Waals surface area contributed by atoms with E-state index in [9.17, 15) is 50.5 Å². The highest BCUT2D eigenvalue weighted by molar-refractivity contribution is 5.89. The van der Waals surface area contributed by atoms with E-state index < -0.39 is 70.8 Å². The van der Waals surface area contributed by atoms with E-state index in [2.05, 4.69) is 0 Å². The van der Waals surface area contributed by atoms with E-state index in [1.807, 2.05) is 0 Å². The number of carbonyl (C=O) groups is 1. The Morgan fingerprint density at radius 1 is 1.08 bits per heavy atom. The van der Waals surface area contributed by atoms with E-state index in [4.69, 9.17) is 4.74 Å². The quantitative estimate of drug-likeness (QED) is 0.446. The average molecular weight is 563 g/mol. The van der Waals surface area contributed by atoms with Gasteiger partial charge in [-0.2, -0.15) is 26.3 Å². The fourth-order valence-electron chi connectivity index (χ4n) is 4.19. The maximum absolute atomic E-state index is 14.0. The first-order chi connectivity index (χ1) is 18.0. The van der Waals surface area contributed by atoms with E-state index in [1.165, 1.54) is 0 Å². The SMILES string of the molecule is CN(C(=O)Oc1c(-n2ccn(C3CC(O)(CO)C3)c2=O)cc(C(F)(F)F)cc1C(F)(F)F)c1ccc(F)cc1. The van der Waals surface area contributed by atoms with Gasteiger partial charge in [0.2, 0.25) is 0 Å². The number of ether oxygens (including phenoxy) is 1. The van der Waals surface area contributed by atoms with Crippen LogP contribution in [0.1, 0.15) is 30.0 Å². The first-order valence-corrected chi connectivity index (χ1v) is 11.2. The number of amides is 1. The lowest BCUT2D eigenvalue weighted by Gasteiger charge is -2.42. The number of anilines is 1. The Kier molecular flexibility index (Phi) is 7.02. The van der Waals surface area contributed by atoms with Crippen LogP contribution in [-0.2, 0) is 12.4 Å². The molecule has 1 fully saturated rings. The number of carbonyl (C=O) groups excluding carboxylic acids is 1. The Morgan fingerprint density at radius 3 is 2.23 bits per heavy atom. The van der Waals surface area contributed by atoms with Gasteiger partial charge >= 0.3 is 24.1 Å². The predicted octanol–water partition coefficient (Wildman–Crippen LogP) is 4.51. The summed E-state index contributed by atoms with van der Waals surface area (Å²) in [4.78, 5) is 26.6. The van der Waals surface area contributed by atoms with Crippen molar-refractivity contribution < 1.29 is 50.5 Å². The van der Waals surface area contributed by atoms with E-state index in [0.717, 1.165) is 48.3 Å². The number of benzene rings is 2. The topological polar surface area (TPSA) is 96.9 Å². The van der Waals surface area contributed by atoms with Crippen molar-refractivity contribution in [3.05, 3.63) is 76.2 Å². The summed E-state index contributed by atoms with van der Waals surface area (Å²) < 4.78 is 102. The number of imidazole rings is 1. The second-order valence-electron chi connectivity index (χ2n) is 9.07. The van der Waals surface area contributed by atoms with Crippen molar-refractivity contribution in [1.29, 1.82) is 0 Å². The smallest absolute Gasteiger partial charge is 0.407 e. The number of hydrogen-bond acceptors (Lipinski definition) is 5.